The molecule has 0 fully saturated rings. The Morgan fingerprint density at radius 1 is 1.03 bits per heavy atom. The number of hydrogen-bond donors (Lipinski definition) is 3. The highest BCUT2D eigenvalue weighted by atomic mass is 32.1. The van der Waals surface area contributed by atoms with E-state index < -0.39 is 0 Å². The van der Waals surface area contributed by atoms with Crippen LogP contribution in [0.2, 0.25) is 0 Å². The quantitative estimate of drug-likeness (QED) is 0.332. The summed E-state index contributed by atoms with van der Waals surface area (Å²) < 4.78 is 16.6. The van der Waals surface area contributed by atoms with Gasteiger partial charge in [-0.3, -0.25) is 4.79 Å². The molecule has 0 unspecified atom stereocenters. The fraction of sp³-hybridized carbons (Fsp3) is 0.409. The van der Waals surface area contributed by atoms with Crippen LogP contribution < -0.4 is 10.1 Å². The van der Waals surface area contributed by atoms with Gasteiger partial charge in [-0.25, -0.2) is 0 Å². The summed E-state index contributed by atoms with van der Waals surface area (Å²) in [7, 11) is 3.98. The maximum absolute atomic E-state index is 12.0. The van der Waals surface area contributed by atoms with Gasteiger partial charge in [-0.05, 0) is 38.4 Å². The molecule has 0 heterocycles. The summed E-state index contributed by atoms with van der Waals surface area (Å²) in [5.74, 6) is 1.64. The molecule has 0 spiro atoms. The molecule has 0 atom stereocenters. The number of carbonyl (C=O) groups is 1. The summed E-state index contributed by atoms with van der Waals surface area (Å²) in [4.78, 5) is 14.1. The molecule has 2 aromatic rings. The predicted octanol–water partition coefficient (Wildman–Crippen LogP) is 2.93. The largest absolute Gasteiger partial charge is 0.457 e. The molecule has 0 aliphatic heterocycles. The molecule has 0 saturated carbocycles. The van der Waals surface area contributed by atoms with Gasteiger partial charge in [0.2, 0.25) is 5.91 Å². The Morgan fingerprint density at radius 3 is 2.50 bits per heavy atom. The van der Waals surface area contributed by atoms with E-state index in [1.54, 1.807) is 18.2 Å². The first-order valence-corrected chi connectivity index (χ1v) is 10.4. The number of thiol groups is 1. The molecule has 2 rings (SSSR count). The van der Waals surface area contributed by atoms with Crippen molar-refractivity contribution in [1.82, 2.24) is 4.90 Å². The number of aliphatic hydroxyl groups excluding tert-OH is 1. The normalized spacial score (nSPS) is 11.0. The second kappa shape index (κ2) is 13.3. The van der Waals surface area contributed by atoms with E-state index in [0.29, 0.717) is 42.6 Å². The number of nitrogens with zero attached hydrogens (tertiary/aromatic N) is 1. The molecular formula is C22H30N2O5S. The van der Waals surface area contributed by atoms with Crippen LogP contribution in [0, 0.1) is 0 Å². The van der Waals surface area contributed by atoms with Crippen molar-refractivity contribution in [3.8, 4) is 11.5 Å². The molecule has 2 aromatic carbocycles. The van der Waals surface area contributed by atoms with Gasteiger partial charge in [-0.15, -0.1) is 0 Å². The van der Waals surface area contributed by atoms with E-state index in [9.17, 15) is 9.90 Å². The number of amides is 1. The van der Waals surface area contributed by atoms with Crippen LogP contribution in [0.3, 0.4) is 0 Å². The van der Waals surface area contributed by atoms with Gasteiger partial charge in [0, 0.05) is 29.1 Å². The molecule has 0 bridgehead atoms. The first-order valence-electron chi connectivity index (χ1n) is 9.74. The third kappa shape index (κ3) is 8.33. The Hall–Kier alpha value is -2.10. The van der Waals surface area contributed by atoms with E-state index in [2.05, 4.69) is 22.8 Å². The Labute approximate surface area is 183 Å². The van der Waals surface area contributed by atoms with Gasteiger partial charge in [-0.2, -0.15) is 12.6 Å². The lowest BCUT2D eigenvalue weighted by Gasteiger charge is -2.17. The number of aliphatic hydroxyl groups is 1. The smallest absolute Gasteiger partial charge is 0.250 e. The van der Waals surface area contributed by atoms with Crippen molar-refractivity contribution in [2.45, 2.75) is 13.2 Å². The highest BCUT2D eigenvalue weighted by Gasteiger charge is 2.11. The van der Waals surface area contributed by atoms with Crippen molar-refractivity contribution in [3.63, 3.8) is 0 Å². The molecule has 164 valence electrons. The lowest BCUT2D eigenvalue weighted by Crippen LogP contribution is -2.20. The average Bonchev–Trinajstić information content (AvgIpc) is 2.72. The highest BCUT2D eigenvalue weighted by molar-refractivity contribution is 7.80. The van der Waals surface area contributed by atoms with Gasteiger partial charge in [0.25, 0.3) is 0 Å². The first kappa shape index (κ1) is 24.2. The minimum absolute atomic E-state index is 0.0745. The van der Waals surface area contributed by atoms with Crippen molar-refractivity contribution in [2.75, 3.05) is 51.6 Å². The van der Waals surface area contributed by atoms with Gasteiger partial charge in [0.15, 0.2) is 0 Å². The Morgan fingerprint density at radius 2 is 1.77 bits per heavy atom. The van der Waals surface area contributed by atoms with Crippen molar-refractivity contribution in [1.29, 1.82) is 0 Å². The van der Waals surface area contributed by atoms with Crippen molar-refractivity contribution >= 4 is 24.2 Å². The third-order valence-corrected chi connectivity index (χ3v) is 4.22. The fourth-order valence-electron chi connectivity index (χ4n) is 2.72. The fourth-order valence-corrected chi connectivity index (χ4v) is 2.85. The summed E-state index contributed by atoms with van der Waals surface area (Å²) >= 11 is 4.04. The molecular weight excluding hydrogens is 404 g/mol. The Bertz CT molecular complexity index is 801. The van der Waals surface area contributed by atoms with Crippen LogP contribution in [-0.4, -0.2) is 62.2 Å². The molecule has 0 aliphatic carbocycles. The van der Waals surface area contributed by atoms with E-state index in [-0.39, 0.29) is 19.1 Å². The minimum atomic E-state index is -0.280. The number of carbonyl (C=O) groups excluding carboxylic acids is 1. The molecule has 0 aromatic heterocycles. The van der Waals surface area contributed by atoms with Crippen LogP contribution in [-0.2, 0) is 27.4 Å². The monoisotopic (exact) mass is 434 g/mol. The summed E-state index contributed by atoms with van der Waals surface area (Å²) in [6, 6.07) is 12.9. The number of rotatable bonds is 13. The first-order chi connectivity index (χ1) is 14.5. The van der Waals surface area contributed by atoms with E-state index in [1.807, 2.05) is 38.4 Å². The molecule has 7 nitrogen and oxygen atoms in total. The van der Waals surface area contributed by atoms with Gasteiger partial charge in [0.1, 0.15) is 18.1 Å². The highest BCUT2D eigenvalue weighted by Crippen LogP contribution is 2.30. The van der Waals surface area contributed by atoms with Crippen LogP contribution in [0.4, 0.5) is 5.69 Å². The number of nitrogens with one attached hydrogen (secondary N) is 1. The lowest BCUT2D eigenvalue weighted by atomic mass is 10.1. The average molecular weight is 435 g/mol. The van der Waals surface area contributed by atoms with Gasteiger partial charge >= 0.3 is 0 Å². The SMILES string of the molecule is CN(C)Cc1ccccc1Oc1ccc(NC(=O)COCCOCCS)cc1CO. The van der Waals surface area contributed by atoms with E-state index in [4.69, 9.17) is 14.2 Å². The second-order valence-corrected chi connectivity index (χ2v) is 7.31. The van der Waals surface area contributed by atoms with Crippen LogP contribution in [0.25, 0.3) is 0 Å². The predicted molar refractivity (Wildman–Crippen MR) is 120 cm³/mol. The number of hydrogen-bond acceptors (Lipinski definition) is 7. The molecule has 1 amide bonds. The number of para-hydroxylation sites is 1. The second-order valence-electron chi connectivity index (χ2n) is 6.86. The van der Waals surface area contributed by atoms with Crippen LogP contribution in [0.1, 0.15) is 11.1 Å². The molecule has 0 aliphatic rings. The zero-order chi connectivity index (χ0) is 21.8. The maximum atomic E-state index is 12.0. The maximum Gasteiger partial charge on any atom is 0.250 e. The van der Waals surface area contributed by atoms with Gasteiger partial charge < -0.3 is 29.5 Å². The van der Waals surface area contributed by atoms with E-state index in [1.165, 1.54) is 0 Å². The minimum Gasteiger partial charge on any atom is -0.457 e. The summed E-state index contributed by atoms with van der Waals surface area (Å²) in [6.45, 7) is 1.75. The zero-order valence-electron chi connectivity index (χ0n) is 17.5. The van der Waals surface area contributed by atoms with Gasteiger partial charge in [-0.1, -0.05) is 18.2 Å². The van der Waals surface area contributed by atoms with E-state index in [0.717, 1.165) is 17.9 Å². The Kier molecular flexibility index (Phi) is 10.7. The van der Waals surface area contributed by atoms with Crippen LogP contribution in [0.15, 0.2) is 42.5 Å². The summed E-state index contributed by atoms with van der Waals surface area (Å²) in [5, 5.41) is 12.5. The van der Waals surface area contributed by atoms with Gasteiger partial charge in [0.05, 0.1) is 26.4 Å². The Balaban J connectivity index is 1.96. The molecule has 2 N–H and O–H groups in total. The standard InChI is InChI=1S/C22H30N2O5S/c1-24(2)14-17-5-3-4-6-20(17)29-21-8-7-19(13-18(21)15-25)23-22(26)16-28-10-9-27-11-12-30/h3-8,13,25,30H,9-12,14-16H2,1-2H3,(H,23,26). The summed E-state index contributed by atoms with van der Waals surface area (Å²) in [6.07, 6.45) is 0. The molecule has 30 heavy (non-hydrogen) atoms. The number of ether oxygens (including phenoxy) is 3. The van der Waals surface area contributed by atoms with Crippen LogP contribution in [0.5, 0.6) is 11.5 Å². The molecule has 0 saturated heterocycles. The molecule has 8 heteroatoms. The zero-order valence-corrected chi connectivity index (χ0v) is 18.4. The van der Waals surface area contributed by atoms with E-state index >= 15 is 0 Å². The number of benzene rings is 2. The topological polar surface area (TPSA) is 80.3 Å². The summed E-state index contributed by atoms with van der Waals surface area (Å²) in [5.41, 5.74) is 2.18. The van der Waals surface area contributed by atoms with Crippen LogP contribution >= 0.6 is 12.6 Å². The third-order valence-electron chi connectivity index (χ3n) is 4.03. The van der Waals surface area contributed by atoms with Crippen molar-refractivity contribution < 1.29 is 24.1 Å². The molecule has 0 radical (unpaired) electrons. The van der Waals surface area contributed by atoms with Crippen molar-refractivity contribution in [2.24, 2.45) is 0 Å². The van der Waals surface area contributed by atoms with Crippen molar-refractivity contribution in [3.05, 3.63) is 53.6 Å². The number of anilines is 1. The lowest BCUT2D eigenvalue weighted by molar-refractivity contribution is -0.121.